The summed E-state index contributed by atoms with van der Waals surface area (Å²) in [4.78, 5) is 8.83. The van der Waals surface area contributed by atoms with Crippen molar-refractivity contribution in [2.75, 3.05) is 37.6 Å². The fourth-order valence-corrected chi connectivity index (χ4v) is 2.09. The van der Waals surface area contributed by atoms with Crippen molar-refractivity contribution in [1.82, 2.24) is 9.88 Å². The van der Waals surface area contributed by atoms with Gasteiger partial charge in [-0.05, 0) is 18.7 Å². The maximum absolute atomic E-state index is 7.40. The van der Waals surface area contributed by atoms with E-state index in [4.69, 9.17) is 11.1 Å². The number of hydrogen-bond acceptors (Lipinski definition) is 4. The van der Waals surface area contributed by atoms with Gasteiger partial charge in [0, 0.05) is 38.1 Å². The molecule has 0 aromatic carbocycles. The minimum Gasteiger partial charge on any atom is -0.382 e. The van der Waals surface area contributed by atoms with Gasteiger partial charge in [-0.2, -0.15) is 0 Å². The highest BCUT2D eigenvalue weighted by molar-refractivity contribution is 5.93. The number of nitrogens with zero attached hydrogens (tertiary/aromatic N) is 3. The molecular weight excluding hydrogens is 214 g/mol. The first kappa shape index (κ1) is 11.9. The van der Waals surface area contributed by atoms with Crippen LogP contribution in [0.15, 0.2) is 18.3 Å². The van der Waals surface area contributed by atoms with Crippen LogP contribution >= 0.6 is 0 Å². The van der Waals surface area contributed by atoms with Crippen molar-refractivity contribution in [3.05, 3.63) is 24.0 Å². The smallest absolute Gasteiger partial charge is 0.141 e. The molecule has 0 amide bonds. The average Bonchev–Trinajstić information content (AvgIpc) is 2.39. The van der Waals surface area contributed by atoms with Crippen LogP contribution in [0.1, 0.15) is 12.6 Å². The average molecular weight is 233 g/mol. The van der Waals surface area contributed by atoms with Crippen molar-refractivity contribution in [3.8, 4) is 0 Å². The number of piperazine rings is 1. The van der Waals surface area contributed by atoms with Crippen molar-refractivity contribution < 1.29 is 0 Å². The number of hydrogen-bond donors (Lipinski definition) is 2. The number of pyridine rings is 1. The Morgan fingerprint density at radius 2 is 2.12 bits per heavy atom. The Balaban J connectivity index is 2.08. The number of aromatic nitrogens is 1. The van der Waals surface area contributed by atoms with E-state index in [-0.39, 0.29) is 5.84 Å². The van der Waals surface area contributed by atoms with E-state index >= 15 is 0 Å². The van der Waals surface area contributed by atoms with E-state index in [1.807, 2.05) is 12.1 Å². The Kier molecular flexibility index (Phi) is 3.58. The Morgan fingerprint density at radius 3 is 2.71 bits per heavy atom. The lowest BCUT2D eigenvalue weighted by atomic mass is 10.2. The van der Waals surface area contributed by atoms with E-state index in [2.05, 4.69) is 21.7 Å². The molecule has 1 saturated heterocycles. The van der Waals surface area contributed by atoms with Gasteiger partial charge in [0.15, 0.2) is 0 Å². The van der Waals surface area contributed by atoms with Gasteiger partial charge in [0.25, 0.3) is 0 Å². The van der Waals surface area contributed by atoms with Crippen LogP contribution in [0.25, 0.3) is 0 Å². The van der Waals surface area contributed by atoms with Crippen molar-refractivity contribution in [1.29, 1.82) is 5.41 Å². The van der Waals surface area contributed by atoms with E-state index in [9.17, 15) is 0 Å². The van der Waals surface area contributed by atoms with Gasteiger partial charge >= 0.3 is 0 Å². The third kappa shape index (κ3) is 2.74. The largest absolute Gasteiger partial charge is 0.382 e. The first-order valence-corrected chi connectivity index (χ1v) is 5.98. The molecule has 0 spiro atoms. The zero-order valence-electron chi connectivity index (χ0n) is 10.2. The summed E-state index contributed by atoms with van der Waals surface area (Å²) in [6.07, 6.45) is 1.72. The molecule has 1 aliphatic heterocycles. The van der Waals surface area contributed by atoms with Crippen LogP contribution < -0.4 is 10.6 Å². The first-order chi connectivity index (χ1) is 8.20. The van der Waals surface area contributed by atoms with Crippen molar-refractivity contribution in [2.24, 2.45) is 5.73 Å². The molecular formula is C12H19N5. The van der Waals surface area contributed by atoms with Gasteiger partial charge in [-0.1, -0.05) is 6.92 Å². The van der Waals surface area contributed by atoms with Crippen LogP contribution in [-0.4, -0.2) is 48.4 Å². The van der Waals surface area contributed by atoms with Gasteiger partial charge in [0.2, 0.25) is 0 Å². The molecule has 17 heavy (non-hydrogen) atoms. The molecule has 1 aliphatic rings. The van der Waals surface area contributed by atoms with Crippen LogP contribution in [0.2, 0.25) is 0 Å². The molecule has 1 aromatic rings. The molecule has 5 heteroatoms. The Hall–Kier alpha value is -1.62. The number of nitrogens with two attached hydrogens (primary N) is 1. The molecule has 0 unspecified atom stereocenters. The summed E-state index contributed by atoms with van der Waals surface area (Å²) in [5.41, 5.74) is 7.12. The quantitative estimate of drug-likeness (QED) is 0.589. The topological polar surface area (TPSA) is 69.2 Å². The van der Waals surface area contributed by atoms with Crippen LogP contribution in [0.5, 0.6) is 0 Å². The third-order valence-electron chi connectivity index (χ3n) is 3.20. The fraction of sp³-hybridized carbons (Fsp3) is 0.500. The minimum absolute atomic E-state index is 0.0269. The first-order valence-electron chi connectivity index (χ1n) is 5.98. The number of nitrogen functional groups attached to an aromatic ring is 1. The normalized spacial score (nSPS) is 17.1. The van der Waals surface area contributed by atoms with Crippen LogP contribution in [0.4, 0.5) is 5.69 Å². The van der Waals surface area contributed by atoms with Crippen LogP contribution in [0, 0.1) is 5.41 Å². The van der Waals surface area contributed by atoms with Gasteiger partial charge in [-0.15, -0.1) is 0 Å². The van der Waals surface area contributed by atoms with Crippen LogP contribution in [0.3, 0.4) is 0 Å². The molecule has 3 N–H and O–H groups in total. The summed E-state index contributed by atoms with van der Waals surface area (Å²) in [5, 5.41) is 7.40. The number of anilines is 1. The number of likely N-dealkylation sites (N-methyl/N-ethyl adjacent to an activating group) is 1. The predicted octanol–water partition coefficient (Wildman–Crippen LogP) is 0.508. The van der Waals surface area contributed by atoms with Crippen LogP contribution in [-0.2, 0) is 0 Å². The van der Waals surface area contributed by atoms with Gasteiger partial charge in [-0.25, -0.2) is 0 Å². The number of amidine groups is 1. The molecule has 0 aliphatic carbocycles. The molecule has 92 valence electrons. The highest BCUT2D eigenvalue weighted by Crippen LogP contribution is 2.16. The Bertz CT molecular complexity index is 396. The van der Waals surface area contributed by atoms with E-state index < -0.39 is 0 Å². The maximum atomic E-state index is 7.40. The van der Waals surface area contributed by atoms with E-state index in [0.29, 0.717) is 5.69 Å². The highest BCUT2D eigenvalue weighted by Gasteiger charge is 2.16. The third-order valence-corrected chi connectivity index (χ3v) is 3.20. The lowest BCUT2D eigenvalue weighted by Crippen LogP contribution is -2.46. The lowest BCUT2D eigenvalue weighted by Gasteiger charge is -2.35. The van der Waals surface area contributed by atoms with Gasteiger partial charge in [-0.3, -0.25) is 10.4 Å². The second-order valence-corrected chi connectivity index (χ2v) is 4.23. The molecule has 0 saturated carbocycles. The molecule has 2 rings (SSSR count). The van der Waals surface area contributed by atoms with Crippen molar-refractivity contribution in [3.63, 3.8) is 0 Å². The van der Waals surface area contributed by atoms with Gasteiger partial charge < -0.3 is 15.5 Å². The zero-order chi connectivity index (χ0) is 12.3. The van der Waals surface area contributed by atoms with Gasteiger partial charge in [0.1, 0.15) is 11.5 Å². The second-order valence-electron chi connectivity index (χ2n) is 4.23. The van der Waals surface area contributed by atoms with Crippen molar-refractivity contribution in [2.45, 2.75) is 6.92 Å². The monoisotopic (exact) mass is 233 g/mol. The SMILES string of the molecule is CCN1CCN(c2ccnc(C(=N)N)c2)CC1. The molecule has 0 atom stereocenters. The highest BCUT2D eigenvalue weighted by atomic mass is 15.3. The molecule has 1 fully saturated rings. The zero-order valence-corrected chi connectivity index (χ0v) is 10.2. The summed E-state index contributed by atoms with van der Waals surface area (Å²) < 4.78 is 0. The molecule has 1 aromatic heterocycles. The molecule has 2 heterocycles. The van der Waals surface area contributed by atoms with E-state index in [0.717, 1.165) is 38.4 Å². The summed E-state index contributed by atoms with van der Waals surface area (Å²) in [5.74, 6) is 0.0269. The van der Waals surface area contributed by atoms with Crippen molar-refractivity contribution >= 4 is 11.5 Å². The second kappa shape index (κ2) is 5.14. The predicted molar refractivity (Wildman–Crippen MR) is 69.6 cm³/mol. The standard InChI is InChI=1S/C12H19N5/c1-2-16-5-7-17(8-6-16)10-3-4-15-11(9-10)12(13)14/h3-4,9H,2,5-8H2,1H3,(H3,13,14). The Morgan fingerprint density at radius 1 is 1.41 bits per heavy atom. The Labute approximate surface area is 102 Å². The lowest BCUT2D eigenvalue weighted by molar-refractivity contribution is 0.271. The summed E-state index contributed by atoms with van der Waals surface area (Å²) >= 11 is 0. The number of rotatable bonds is 3. The molecule has 0 radical (unpaired) electrons. The van der Waals surface area contributed by atoms with Gasteiger partial charge in [0.05, 0.1) is 0 Å². The molecule has 0 bridgehead atoms. The number of nitrogens with one attached hydrogen (secondary N) is 1. The maximum Gasteiger partial charge on any atom is 0.141 e. The van der Waals surface area contributed by atoms with E-state index in [1.54, 1.807) is 6.20 Å². The fourth-order valence-electron chi connectivity index (χ4n) is 2.09. The summed E-state index contributed by atoms with van der Waals surface area (Å²) in [6, 6.07) is 3.87. The summed E-state index contributed by atoms with van der Waals surface area (Å²) in [7, 11) is 0. The molecule has 5 nitrogen and oxygen atoms in total. The summed E-state index contributed by atoms with van der Waals surface area (Å²) in [6.45, 7) is 7.53. The minimum atomic E-state index is 0.0269. The van der Waals surface area contributed by atoms with E-state index in [1.165, 1.54) is 0 Å².